The maximum Gasteiger partial charge on any atom is 0.323 e. The highest BCUT2D eigenvalue weighted by molar-refractivity contribution is 7.21. The van der Waals surface area contributed by atoms with Crippen LogP contribution in [0.3, 0.4) is 0 Å². The van der Waals surface area contributed by atoms with E-state index in [-0.39, 0.29) is 12.3 Å². The van der Waals surface area contributed by atoms with Gasteiger partial charge in [0.25, 0.3) is 0 Å². The number of hydrogen-bond donors (Lipinski definition) is 1. The monoisotopic (exact) mass is 362 g/mol. The van der Waals surface area contributed by atoms with Gasteiger partial charge in [0.15, 0.2) is 0 Å². The third-order valence-electron chi connectivity index (χ3n) is 4.01. The molecule has 0 aliphatic heterocycles. The summed E-state index contributed by atoms with van der Waals surface area (Å²) in [7, 11) is 0. The van der Waals surface area contributed by atoms with Gasteiger partial charge in [-0.05, 0) is 18.2 Å². The van der Waals surface area contributed by atoms with Gasteiger partial charge >= 0.3 is 5.97 Å². The maximum atomic E-state index is 12.8. The van der Waals surface area contributed by atoms with Gasteiger partial charge in [0.1, 0.15) is 11.6 Å². The quantitative estimate of drug-likeness (QED) is 0.543. The first-order valence-corrected chi connectivity index (χ1v) is 8.81. The first kappa shape index (κ1) is 16.2. The second-order valence-electron chi connectivity index (χ2n) is 5.82. The topological polar surface area (TPSA) is 72.2 Å². The number of para-hydroxylation sites is 1. The van der Waals surface area contributed by atoms with Crippen molar-refractivity contribution < 1.29 is 14.7 Å². The fourth-order valence-electron chi connectivity index (χ4n) is 2.83. The molecule has 2 heterocycles. The van der Waals surface area contributed by atoms with Crippen molar-refractivity contribution in [1.29, 1.82) is 0 Å². The summed E-state index contributed by atoms with van der Waals surface area (Å²) in [6, 6.07) is 18.3. The Kier molecular flexibility index (Phi) is 4.10. The zero-order valence-corrected chi connectivity index (χ0v) is 14.4. The van der Waals surface area contributed by atoms with E-state index in [1.54, 1.807) is 36.5 Å². The number of carbonyl (C=O) groups is 2. The lowest BCUT2D eigenvalue weighted by Gasteiger charge is -2.05. The van der Waals surface area contributed by atoms with Crippen LogP contribution in [-0.4, -0.2) is 26.4 Å². The molecular formula is C20H14N2O3S. The number of thiazole rings is 1. The second-order valence-corrected chi connectivity index (χ2v) is 6.85. The van der Waals surface area contributed by atoms with Gasteiger partial charge in [0.2, 0.25) is 5.78 Å². The Morgan fingerprint density at radius 1 is 1.04 bits per heavy atom. The molecule has 0 atom stereocenters. The van der Waals surface area contributed by atoms with E-state index in [4.69, 9.17) is 0 Å². The molecule has 4 rings (SSSR count). The molecule has 4 aromatic rings. The Balaban J connectivity index is 1.80. The molecule has 0 bridgehead atoms. The van der Waals surface area contributed by atoms with Gasteiger partial charge in [0, 0.05) is 17.3 Å². The van der Waals surface area contributed by atoms with Gasteiger partial charge in [-0.25, -0.2) is 4.98 Å². The van der Waals surface area contributed by atoms with Crippen molar-refractivity contribution in [2.75, 3.05) is 0 Å². The number of ketones is 1. The van der Waals surface area contributed by atoms with Crippen LogP contribution < -0.4 is 0 Å². The minimum atomic E-state index is -1.00. The number of carbonyl (C=O) groups excluding carboxylic acids is 1. The van der Waals surface area contributed by atoms with Gasteiger partial charge in [-0.2, -0.15) is 0 Å². The van der Waals surface area contributed by atoms with Gasteiger partial charge in [-0.3, -0.25) is 9.59 Å². The van der Waals surface area contributed by atoms with Crippen LogP contribution >= 0.6 is 11.3 Å². The summed E-state index contributed by atoms with van der Waals surface area (Å²) in [6.45, 7) is -0.279. The molecule has 26 heavy (non-hydrogen) atoms. The van der Waals surface area contributed by atoms with Crippen LogP contribution in [0, 0.1) is 0 Å². The van der Waals surface area contributed by atoms with Gasteiger partial charge in [0.05, 0.1) is 15.9 Å². The smallest absolute Gasteiger partial charge is 0.323 e. The van der Waals surface area contributed by atoms with E-state index in [1.165, 1.54) is 15.9 Å². The molecule has 0 fully saturated rings. The molecule has 0 aliphatic carbocycles. The molecule has 0 saturated carbocycles. The first-order chi connectivity index (χ1) is 12.6. The molecule has 0 radical (unpaired) electrons. The maximum absolute atomic E-state index is 12.8. The van der Waals surface area contributed by atoms with Crippen LogP contribution in [0.15, 0.2) is 66.9 Å². The summed E-state index contributed by atoms with van der Waals surface area (Å²) in [4.78, 5) is 28.7. The van der Waals surface area contributed by atoms with Crippen LogP contribution in [0.2, 0.25) is 0 Å². The molecule has 0 saturated heterocycles. The number of aliphatic carboxylic acids is 1. The number of nitrogens with zero attached hydrogens (tertiary/aromatic N) is 2. The molecule has 6 heteroatoms. The van der Waals surface area contributed by atoms with Gasteiger partial charge in [-0.1, -0.05) is 42.5 Å². The van der Waals surface area contributed by atoms with E-state index in [0.717, 1.165) is 20.8 Å². The van der Waals surface area contributed by atoms with Crippen molar-refractivity contribution >= 4 is 33.3 Å². The third kappa shape index (κ3) is 3.02. The highest BCUT2D eigenvalue weighted by Crippen LogP contribution is 2.31. The van der Waals surface area contributed by atoms with Crippen molar-refractivity contribution in [3.63, 3.8) is 0 Å². The fraction of sp³-hybridized carbons (Fsp3) is 0.0500. The van der Waals surface area contributed by atoms with Crippen molar-refractivity contribution in [3.8, 4) is 10.6 Å². The van der Waals surface area contributed by atoms with Crippen LogP contribution in [0.25, 0.3) is 20.8 Å². The summed E-state index contributed by atoms with van der Waals surface area (Å²) >= 11 is 1.52. The minimum Gasteiger partial charge on any atom is -0.480 e. The molecular weight excluding hydrogens is 348 g/mol. The minimum absolute atomic E-state index is 0.209. The van der Waals surface area contributed by atoms with Crippen LogP contribution in [0.5, 0.6) is 0 Å². The Morgan fingerprint density at radius 2 is 1.77 bits per heavy atom. The van der Waals surface area contributed by atoms with Crippen LogP contribution in [0.4, 0.5) is 0 Å². The Labute approximate surface area is 153 Å². The van der Waals surface area contributed by atoms with E-state index >= 15 is 0 Å². The zero-order chi connectivity index (χ0) is 18.1. The Morgan fingerprint density at radius 3 is 2.50 bits per heavy atom. The fourth-order valence-corrected chi connectivity index (χ4v) is 3.77. The molecule has 0 amide bonds. The van der Waals surface area contributed by atoms with E-state index in [1.807, 2.05) is 30.3 Å². The lowest BCUT2D eigenvalue weighted by Crippen LogP contribution is -2.14. The number of benzene rings is 2. The van der Waals surface area contributed by atoms with Crippen molar-refractivity contribution in [3.05, 3.63) is 78.1 Å². The predicted octanol–water partition coefficient (Wildman–Crippen LogP) is 4.08. The van der Waals surface area contributed by atoms with E-state index in [9.17, 15) is 14.7 Å². The summed E-state index contributed by atoms with van der Waals surface area (Å²) < 4.78 is 2.52. The summed E-state index contributed by atoms with van der Waals surface area (Å²) in [5, 5.41) is 9.95. The number of rotatable bonds is 5. The molecule has 0 aliphatic rings. The normalized spacial score (nSPS) is 10.9. The van der Waals surface area contributed by atoms with Gasteiger partial charge in [-0.15, -0.1) is 11.3 Å². The third-order valence-corrected chi connectivity index (χ3v) is 5.10. The lowest BCUT2D eigenvalue weighted by molar-refractivity contribution is -0.137. The highest BCUT2D eigenvalue weighted by atomic mass is 32.1. The SMILES string of the molecule is O=C(O)Cn1cc(-c2nc3ccccc3s2)cc1C(=O)c1ccccc1. The van der Waals surface area contributed by atoms with Crippen molar-refractivity contribution in [2.24, 2.45) is 0 Å². The summed E-state index contributed by atoms with van der Waals surface area (Å²) in [6.07, 6.45) is 1.68. The zero-order valence-electron chi connectivity index (χ0n) is 13.6. The molecule has 1 N–H and O–H groups in total. The van der Waals surface area contributed by atoms with Crippen LogP contribution in [0.1, 0.15) is 16.1 Å². The number of carboxylic acids is 1. The molecule has 0 unspecified atom stereocenters. The number of aromatic nitrogens is 2. The standard InChI is InChI=1S/C20H14N2O3S/c23-18(24)12-22-11-14(20-21-15-8-4-5-9-17(15)26-20)10-16(22)19(25)13-6-2-1-3-7-13/h1-11H,12H2,(H,23,24). The average Bonchev–Trinajstić information content (AvgIpc) is 3.25. The van der Waals surface area contributed by atoms with E-state index < -0.39 is 5.97 Å². The van der Waals surface area contributed by atoms with Crippen LogP contribution in [-0.2, 0) is 11.3 Å². The van der Waals surface area contributed by atoms with Gasteiger partial charge < -0.3 is 9.67 Å². The molecule has 5 nitrogen and oxygen atoms in total. The number of fused-ring (bicyclic) bond motifs is 1. The van der Waals surface area contributed by atoms with Crippen molar-refractivity contribution in [1.82, 2.24) is 9.55 Å². The largest absolute Gasteiger partial charge is 0.480 e. The molecule has 128 valence electrons. The second kappa shape index (κ2) is 6.57. The summed E-state index contributed by atoms with van der Waals surface area (Å²) in [5.41, 5.74) is 2.49. The predicted molar refractivity (Wildman–Crippen MR) is 101 cm³/mol. The van der Waals surface area contributed by atoms with E-state index in [2.05, 4.69) is 4.98 Å². The number of hydrogen-bond acceptors (Lipinski definition) is 4. The Bertz CT molecular complexity index is 1080. The van der Waals surface area contributed by atoms with E-state index in [0.29, 0.717) is 11.3 Å². The molecule has 2 aromatic carbocycles. The first-order valence-electron chi connectivity index (χ1n) is 7.99. The van der Waals surface area contributed by atoms with Crippen molar-refractivity contribution in [2.45, 2.75) is 6.54 Å². The average molecular weight is 362 g/mol. The Hall–Kier alpha value is -3.25. The highest BCUT2D eigenvalue weighted by Gasteiger charge is 2.19. The molecule has 0 spiro atoms. The number of carboxylic acid groups (broad SMARTS) is 1. The summed E-state index contributed by atoms with van der Waals surface area (Å²) in [5.74, 6) is -1.21. The molecule has 2 aromatic heterocycles. The lowest BCUT2D eigenvalue weighted by atomic mass is 10.1.